The van der Waals surface area contributed by atoms with E-state index in [9.17, 15) is 0 Å². The molecule has 0 aromatic carbocycles. The van der Waals surface area contributed by atoms with Crippen LogP contribution in [0.5, 0.6) is 5.75 Å². The van der Waals surface area contributed by atoms with E-state index in [1.165, 1.54) is 0 Å². The fraction of sp³-hybridized carbons (Fsp3) is 0.357. The summed E-state index contributed by atoms with van der Waals surface area (Å²) in [7, 11) is 1.64. The van der Waals surface area contributed by atoms with Crippen molar-refractivity contribution in [2.24, 2.45) is 0 Å². The van der Waals surface area contributed by atoms with Gasteiger partial charge < -0.3 is 14.5 Å². The molecule has 2 aromatic heterocycles. The fourth-order valence-corrected chi connectivity index (χ4v) is 2.18. The normalized spacial score (nSPS) is 12.4. The van der Waals surface area contributed by atoms with Crippen molar-refractivity contribution >= 4 is 15.9 Å². The second kappa shape index (κ2) is 6.73. The number of rotatable bonds is 6. The number of hydrogen-bond donors (Lipinski definition) is 1. The number of nitrogens with one attached hydrogen (secondary N) is 1. The predicted octanol–water partition coefficient (Wildman–Crippen LogP) is 3.53. The zero-order chi connectivity index (χ0) is 13.7. The maximum absolute atomic E-state index is 5.66. The molecule has 0 bridgehead atoms. The Morgan fingerprint density at radius 2 is 2.26 bits per heavy atom. The highest BCUT2D eigenvalue weighted by atomic mass is 79.9. The summed E-state index contributed by atoms with van der Waals surface area (Å²) in [6.45, 7) is 3.03. The minimum Gasteiger partial charge on any atom is -0.495 e. The Balaban J connectivity index is 2.30. The molecule has 0 aliphatic rings. The van der Waals surface area contributed by atoms with Crippen molar-refractivity contribution in [3.05, 3.63) is 46.6 Å². The smallest absolute Gasteiger partial charge is 0.169 e. The second-order valence-electron chi connectivity index (χ2n) is 4.19. The first kappa shape index (κ1) is 14.1. The lowest BCUT2D eigenvalue weighted by atomic mass is 10.1. The van der Waals surface area contributed by atoms with Crippen molar-refractivity contribution in [2.75, 3.05) is 13.7 Å². The Labute approximate surface area is 121 Å². The first-order valence-electron chi connectivity index (χ1n) is 6.22. The van der Waals surface area contributed by atoms with E-state index in [4.69, 9.17) is 9.15 Å². The molecule has 2 rings (SSSR count). The molecule has 0 radical (unpaired) electrons. The Hall–Kier alpha value is -1.33. The van der Waals surface area contributed by atoms with Crippen LogP contribution in [0.25, 0.3) is 0 Å². The standard InChI is InChI=1S/C14H17BrN2O2/c1-3-6-17-14(12-4-5-13(15)19-12)10-7-11(18-2)9-16-8-10/h4-5,7-9,14,17H,3,6H2,1-2H3. The van der Waals surface area contributed by atoms with Gasteiger partial charge in [0.2, 0.25) is 0 Å². The van der Waals surface area contributed by atoms with Crippen LogP contribution in [0.1, 0.15) is 30.7 Å². The lowest BCUT2D eigenvalue weighted by Gasteiger charge is -2.17. The van der Waals surface area contributed by atoms with Gasteiger partial charge in [-0.1, -0.05) is 6.92 Å². The van der Waals surface area contributed by atoms with E-state index in [1.54, 1.807) is 13.3 Å². The van der Waals surface area contributed by atoms with Gasteiger partial charge >= 0.3 is 0 Å². The SMILES string of the molecule is CCCNC(c1cncc(OC)c1)c1ccc(Br)o1. The summed E-state index contributed by atoms with van der Waals surface area (Å²) in [6.07, 6.45) is 4.57. The Bertz CT molecular complexity index is 528. The molecule has 0 amide bonds. The molecule has 5 heteroatoms. The lowest BCUT2D eigenvalue weighted by Crippen LogP contribution is -2.22. The summed E-state index contributed by atoms with van der Waals surface area (Å²) in [4.78, 5) is 4.20. The van der Waals surface area contributed by atoms with Crippen molar-refractivity contribution in [3.63, 3.8) is 0 Å². The minimum absolute atomic E-state index is 0.0196. The van der Waals surface area contributed by atoms with Crippen LogP contribution >= 0.6 is 15.9 Å². The van der Waals surface area contributed by atoms with Crippen molar-refractivity contribution in [2.45, 2.75) is 19.4 Å². The van der Waals surface area contributed by atoms with Crippen LogP contribution in [0.4, 0.5) is 0 Å². The summed E-state index contributed by atoms with van der Waals surface area (Å²) in [5, 5.41) is 3.46. The molecule has 0 saturated carbocycles. The van der Waals surface area contributed by atoms with Gasteiger partial charge in [0.05, 0.1) is 19.3 Å². The Morgan fingerprint density at radius 1 is 1.42 bits per heavy atom. The van der Waals surface area contributed by atoms with E-state index in [1.807, 2.05) is 24.4 Å². The summed E-state index contributed by atoms with van der Waals surface area (Å²) in [6, 6.07) is 5.80. The number of pyridine rings is 1. The molecule has 0 aliphatic carbocycles. The number of halogens is 1. The van der Waals surface area contributed by atoms with E-state index < -0.39 is 0 Å². The molecule has 1 atom stereocenters. The number of methoxy groups -OCH3 is 1. The van der Waals surface area contributed by atoms with E-state index >= 15 is 0 Å². The molecule has 1 N–H and O–H groups in total. The van der Waals surface area contributed by atoms with Gasteiger partial charge in [-0.05, 0) is 52.7 Å². The quantitative estimate of drug-likeness (QED) is 0.882. The molecular formula is C14H17BrN2O2. The van der Waals surface area contributed by atoms with Crippen LogP contribution in [0.2, 0.25) is 0 Å². The van der Waals surface area contributed by atoms with Crippen LogP contribution in [0.15, 0.2) is 39.7 Å². The highest BCUT2D eigenvalue weighted by molar-refractivity contribution is 9.10. The summed E-state index contributed by atoms with van der Waals surface area (Å²) in [5.41, 5.74) is 1.02. The van der Waals surface area contributed by atoms with Crippen molar-refractivity contribution in [1.29, 1.82) is 0 Å². The maximum Gasteiger partial charge on any atom is 0.169 e. The first-order valence-corrected chi connectivity index (χ1v) is 7.01. The fourth-order valence-electron chi connectivity index (χ4n) is 1.86. The molecular weight excluding hydrogens is 308 g/mol. The van der Waals surface area contributed by atoms with Gasteiger partial charge in [0, 0.05) is 6.20 Å². The zero-order valence-electron chi connectivity index (χ0n) is 11.0. The Kier molecular flexibility index (Phi) is 4.99. The van der Waals surface area contributed by atoms with Crippen LogP contribution < -0.4 is 10.1 Å². The second-order valence-corrected chi connectivity index (χ2v) is 4.97. The van der Waals surface area contributed by atoms with E-state index in [2.05, 4.69) is 33.2 Å². The highest BCUT2D eigenvalue weighted by Crippen LogP contribution is 2.27. The third-order valence-corrected chi connectivity index (χ3v) is 3.21. The van der Waals surface area contributed by atoms with Gasteiger partial charge in [-0.25, -0.2) is 0 Å². The zero-order valence-corrected chi connectivity index (χ0v) is 12.6. The first-order chi connectivity index (χ1) is 9.24. The molecule has 19 heavy (non-hydrogen) atoms. The molecule has 1 unspecified atom stereocenters. The van der Waals surface area contributed by atoms with Crippen LogP contribution in [-0.4, -0.2) is 18.6 Å². The van der Waals surface area contributed by atoms with Crippen molar-refractivity contribution in [3.8, 4) is 5.75 Å². The third kappa shape index (κ3) is 3.58. The number of aromatic nitrogens is 1. The topological polar surface area (TPSA) is 47.3 Å². The Morgan fingerprint density at radius 3 is 2.89 bits per heavy atom. The van der Waals surface area contributed by atoms with Crippen LogP contribution in [-0.2, 0) is 0 Å². The molecule has 0 spiro atoms. The van der Waals surface area contributed by atoms with Gasteiger partial charge in [-0.3, -0.25) is 4.98 Å². The summed E-state index contributed by atoms with van der Waals surface area (Å²) in [5.74, 6) is 1.60. The molecule has 2 aromatic rings. The molecule has 2 heterocycles. The molecule has 4 nitrogen and oxygen atoms in total. The summed E-state index contributed by atoms with van der Waals surface area (Å²) < 4.78 is 11.6. The number of hydrogen-bond acceptors (Lipinski definition) is 4. The van der Waals surface area contributed by atoms with E-state index in [0.717, 1.165) is 34.7 Å². The number of nitrogens with zero attached hydrogens (tertiary/aromatic N) is 1. The maximum atomic E-state index is 5.66. The predicted molar refractivity (Wildman–Crippen MR) is 77.3 cm³/mol. The molecule has 0 saturated heterocycles. The lowest BCUT2D eigenvalue weighted by molar-refractivity contribution is 0.407. The minimum atomic E-state index is -0.0196. The summed E-state index contributed by atoms with van der Waals surface area (Å²) >= 11 is 3.33. The van der Waals surface area contributed by atoms with Gasteiger partial charge in [0.25, 0.3) is 0 Å². The molecule has 0 aliphatic heterocycles. The van der Waals surface area contributed by atoms with Gasteiger partial charge in [0.15, 0.2) is 4.67 Å². The third-order valence-electron chi connectivity index (χ3n) is 2.78. The van der Waals surface area contributed by atoms with E-state index in [0.29, 0.717) is 0 Å². The average molecular weight is 325 g/mol. The molecule has 102 valence electrons. The highest BCUT2D eigenvalue weighted by Gasteiger charge is 2.18. The largest absolute Gasteiger partial charge is 0.495 e. The van der Waals surface area contributed by atoms with Crippen LogP contribution in [0.3, 0.4) is 0 Å². The molecule has 0 fully saturated rings. The number of furan rings is 1. The van der Waals surface area contributed by atoms with Crippen LogP contribution in [0, 0.1) is 0 Å². The van der Waals surface area contributed by atoms with Gasteiger partial charge in [0.1, 0.15) is 11.5 Å². The van der Waals surface area contributed by atoms with Gasteiger partial charge in [-0.2, -0.15) is 0 Å². The number of ether oxygens (including phenoxy) is 1. The van der Waals surface area contributed by atoms with Crippen molar-refractivity contribution < 1.29 is 9.15 Å². The monoisotopic (exact) mass is 324 g/mol. The van der Waals surface area contributed by atoms with E-state index in [-0.39, 0.29) is 6.04 Å². The van der Waals surface area contributed by atoms with Crippen molar-refractivity contribution in [1.82, 2.24) is 10.3 Å². The van der Waals surface area contributed by atoms with Gasteiger partial charge in [-0.15, -0.1) is 0 Å². The average Bonchev–Trinajstić information content (AvgIpc) is 2.86.